The molecule has 7 nitrogen and oxygen atoms in total. The second-order valence-corrected chi connectivity index (χ2v) is 7.58. The number of aliphatic hydroxyl groups is 2. The van der Waals surface area contributed by atoms with Crippen molar-refractivity contribution < 1.29 is 34.0 Å². The van der Waals surface area contributed by atoms with Gasteiger partial charge in [-0.15, -0.1) is 0 Å². The van der Waals surface area contributed by atoms with E-state index >= 15 is 0 Å². The molecule has 4 N–H and O–H groups in total. The molecular weight excluding hydrogens is 299 g/mol. The second kappa shape index (κ2) is 8.58. The Morgan fingerprint density at radius 3 is 1.90 bits per heavy atom. The van der Waals surface area contributed by atoms with E-state index < -0.39 is 37.0 Å². The molecule has 21 heavy (non-hydrogen) atoms. The molecule has 0 aliphatic rings. The number of ether oxygens (including phenoxy) is 2. The van der Waals surface area contributed by atoms with Crippen molar-refractivity contribution in [1.29, 1.82) is 0 Å². The molecule has 0 rings (SSSR count). The largest absolute Gasteiger partial charge is 0.396 e. The Morgan fingerprint density at radius 1 is 1.14 bits per heavy atom. The Bertz CT molecular complexity index is 331. The molecule has 0 aromatic rings. The van der Waals surface area contributed by atoms with E-state index in [4.69, 9.17) is 14.6 Å². The van der Waals surface area contributed by atoms with Crippen LogP contribution >= 0.6 is 7.60 Å². The molecule has 0 saturated carbocycles. The standard InChI is InChI=1S/C13H29O7P/c1-9(2)13(10(3)4,21(16,17)18)20-12(6-7-14)11(15)8-19-5/h9-12,14-15H,6-8H2,1-5H3,(H2,16,17,18). The SMILES string of the molecule is COCC(O)C(CCO)OC(C(C)C)(C(C)C)P(=O)(O)O. The van der Waals surface area contributed by atoms with Gasteiger partial charge in [0.05, 0.1) is 12.7 Å². The summed E-state index contributed by atoms with van der Waals surface area (Å²) in [6, 6.07) is 0. The Labute approximate surface area is 126 Å². The van der Waals surface area contributed by atoms with Crippen molar-refractivity contribution in [3.05, 3.63) is 0 Å². The molecule has 2 unspecified atom stereocenters. The molecule has 128 valence electrons. The molecule has 0 aromatic carbocycles. The van der Waals surface area contributed by atoms with Crippen LogP contribution in [-0.4, -0.2) is 57.9 Å². The lowest BCUT2D eigenvalue weighted by Crippen LogP contribution is -2.49. The van der Waals surface area contributed by atoms with Crippen LogP contribution in [0.15, 0.2) is 0 Å². The molecular formula is C13H29O7P. The smallest absolute Gasteiger partial charge is 0.357 e. The van der Waals surface area contributed by atoms with E-state index in [0.717, 1.165) is 0 Å². The Hall–Kier alpha value is -0.0100. The first-order valence-corrected chi connectivity index (χ1v) is 8.67. The fraction of sp³-hybridized carbons (Fsp3) is 1.00. The molecule has 0 bridgehead atoms. The maximum atomic E-state index is 12.1. The summed E-state index contributed by atoms with van der Waals surface area (Å²) in [5, 5.41) is 17.4. The van der Waals surface area contributed by atoms with E-state index in [1.807, 2.05) is 0 Å². The van der Waals surface area contributed by atoms with E-state index in [9.17, 15) is 19.5 Å². The maximum absolute atomic E-state index is 12.1. The first kappa shape index (κ1) is 21.0. The lowest BCUT2D eigenvalue weighted by molar-refractivity contribution is -0.155. The normalized spacial score (nSPS) is 16.5. The fourth-order valence-electron chi connectivity index (χ4n) is 2.66. The van der Waals surface area contributed by atoms with Crippen LogP contribution in [0.2, 0.25) is 0 Å². The Kier molecular flexibility index (Phi) is 8.57. The summed E-state index contributed by atoms with van der Waals surface area (Å²) in [6.45, 7) is 6.35. The van der Waals surface area contributed by atoms with Crippen molar-refractivity contribution in [2.45, 2.75) is 51.7 Å². The molecule has 8 heteroatoms. The van der Waals surface area contributed by atoms with Crippen LogP contribution in [-0.2, 0) is 14.0 Å². The predicted molar refractivity (Wildman–Crippen MR) is 78.9 cm³/mol. The molecule has 2 atom stereocenters. The van der Waals surface area contributed by atoms with E-state index in [2.05, 4.69) is 0 Å². The highest BCUT2D eigenvalue weighted by Crippen LogP contribution is 2.59. The number of aliphatic hydroxyl groups excluding tert-OH is 2. The zero-order valence-corrected chi connectivity index (χ0v) is 14.3. The van der Waals surface area contributed by atoms with E-state index in [1.165, 1.54) is 7.11 Å². The summed E-state index contributed by atoms with van der Waals surface area (Å²) in [4.78, 5) is 19.6. The summed E-state index contributed by atoms with van der Waals surface area (Å²) in [6.07, 6.45) is -1.94. The molecule has 0 aliphatic carbocycles. The quantitative estimate of drug-likeness (QED) is 0.441. The first-order chi connectivity index (χ1) is 9.54. The highest BCUT2D eigenvalue weighted by Gasteiger charge is 2.55. The second-order valence-electron chi connectivity index (χ2n) is 5.80. The minimum Gasteiger partial charge on any atom is -0.396 e. The Morgan fingerprint density at radius 2 is 1.62 bits per heavy atom. The van der Waals surface area contributed by atoms with Crippen molar-refractivity contribution in [2.75, 3.05) is 20.3 Å². The minimum atomic E-state index is -4.61. The molecule has 0 amide bonds. The van der Waals surface area contributed by atoms with Crippen molar-refractivity contribution in [1.82, 2.24) is 0 Å². The van der Waals surface area contributed by atoms with Crippen LogP contribution in [0.4, 0.5) is 0 Å². The van der Waals surface area contributed by atoms with Gasteiger partial charge in [-0.05, 0) is 18.3 Å². The van der Waals surface area contributed by atoms with Crippen molar-refractivity contribution in [2.24, 2.45) is 11.8 Å². The molecule has 0 spiro atoms. The van der Waals surface area contributed by atoms with Gasteiger partial charge in [-0.2, -0.15) is 0 Å². The third-order valence-electron chi connectivity index (χ3n) is 3.63. The maximum Gasteiger partial charge on any atom is 0.357 e. The summed E-state index contributed by atoms with van der Waals surface area (Å²) >= 11 is 0. The van der Waals surface area contributed by atoms with Gasteiger partial charge in [-0.3, -0.25) is 4.57 Å². The first-order valence-electron chi connectivity index (χ1n) is 7.05. The van der Waals surface area contributed by atoms with E-state index in [0.29, 0.717) is 0 Å². The fourth-order valence-corrected chi connectivity index (χ4v) is 4.28. The third-order valence-corrected chi connectivity index (χ3v) is 5.68. The van der Waals surface area contributed by atoms with E-state index in [1.54, 1.807) is 27.7 Å². The monoisotopic (exact) mass is 328 g/mol. The van der Waals surface area contributed by atoms with Crippen LogP contribution < -0.4 is 0 Å². The van der Waals surface area contributed by atoms with Crippen molar-refractivity contribution in [3.63, 3.8) is 0 Å². The van der Waals surface area contributed by atoms with Gasteiger partial charge in [0.1, 0.15) is 6.10 Å². The summed E-state index contributed by atoms with van der Waals surface area (Å²) in [5.74, 6) is -0.955. The van der Waals surface area contributed by atoms with Gasteiger partial charge in [0.2, 0.25) is 0 Å². The van der Waals surface area contributed by atoms with Gasteiger partial charge in [0, 0.05) is 13.7 Å². The third kappa shape index (κ3) is 4.99. The van der Waals surface area contributed by atoms with Gasteiger partial charge in [-0.25, -0.2) is 0 Å². The van der Waals surface area contributed by atoms with Crippen LogP contribution in [0.5, 0.6) is 0 Å². The van der Waals surface area contributed by atoms with Gasteiger partial charge < -0.3 is 29.5 Å². The lowest BCUT2D eigenvalue weighted by Gasteiger charge is -2.44. The average Bonchev–Trinajstić information content (AvgIpc) is 2.31. The molecule has 0 heterocycles. The molecule has 0 fully saturated rings. The zero-order chi connectivity index (χ0) is 16.8. The van der Waals surface area contributed by atoms with E-state index in [-0.39, 0.29) is 19.6 Å². The van der Waals surface area contributed by atoms with Gasteiger partial charge in [0.25, 0.3) is 0 Å². The predicted octanol–water partition coefficient (Wildman–Crippen LogP) is 0.947. The highest BCUT2D eigenvalue weighted by atomic mass is 31.2. The molecule has 0 aromatic heterocycles. The number of methoxy groups -OCH3 is 1. The molecule has 0 radical (unpaired) electrons. The van der Waals surface area contributed by atoms with Gasteiger partial charge >= 0.3 is 7.60 Å². The van der Waals surface area contributed by atoms with Crippen LogP contribution in [0.25, 0.3) is 0 Å². The Balaban J connectivity index is 5.57. The summed E-state index contributed by atoms with van der Waals surface area (Å²) in [5.41, 5.74) is 0. The topological polar surface area (TPSA) is 116 Å². The molecule has 0 aliphatic heterocycles. The summed E-state index contributed by atoms with van der Waals surface area (Å²) in [7, 11) is -3.21. The van der Waals surface area contributed by atoms with Gasteiger partial charge in [-0.1, -0.05) is 27.7 Å². The van der Waals surface area contributed by atoms with Crippen LogP contribution in [0.3, 0.4) is 0 Å². The zero-order valence-electron chi connectivity index (χ0n) is 13.4. The van der Waals surface area contributed by atoms with Crippen molar-refractivity contribution >= 4 is 7.60 Å². The highest BCUT2D eigenvalue weighted by molar-refractivity contribution is 7.53. The minimum absolute atomic E-state index is 0.0436. The van der Waals surface area contributed by atoms with Crippen LogP contribution in [0.1, 0.15) is 34.1 Å². The van der Waals surface area contributed by atoms with Crippen LogP contribution in [0, 0.1) is 11.8 Å². The number of hydrogen-bond donors (Lipinski definition) is 4. The number of hydrogen-bond acceptors (Lipinski definition) is 5. The summed E-state index contributed by atoms with van der Waals surface area (Å²) < 4.78 is 22.6. The number of rotatable bonds is 10. The van der Waals surface area contributed by atoms with Gasteiger partial charge in [0.15, 0.2) is 5.34 Å². The lowest BCUT2D eigenvalue weighted by atomic mass is 9.94. The molecule has 0 saturated heterocycles. The van der Waals surface area contributed by atoms with Crippen molar-refractivity contribution in [3.8, 4) is 0 Å². The average molecular weight is 328 g/mol.